The van der Waals surface area contributed by atoms with Crippen LogP contribution in [0.1, 0.15) is 16.9 Å². The van der Waals surface area contributed by atoms with Crippen molar-refractivity contribution < 1.29 is 19.0 Å². The lowest BCUT2D eigenvalue weighted by Crippen LogP contribution is -2.42. The molecule has 1 unspecified atom stereocenters. The van der Waals surface area contributed by atoms with Crippen LogP contribution in [0.4, 0.5) is 10.2 Å². The van der Waals surface area contributed by atoms with E-state index in [0.29, 0.717) is 35.5 Å². The van der Waals surface area contributed by atoms with Crippen LogP contribution in [0.3, 0.4) is 0 Å². The average Bonchev–Trinajstić information content (AvgIpc) is 3.17. The van der Waals surface area contributed by atoms with Gasteiger partial charge in [0.1, 0.15) is 29.2 Å². The Labute approximate surface area is 176 Å². The Kier molecular flexibility index (Phi) is 5.84. The SMILES string of the molecule is CN(CC1=CC(F)=CNC1Cl)C(=O)c1[nH]nc2ncnc(N[C@@H]3CCOC[C@H]3O)c12. The molecule has 4 rings (SSSR count). The summed E-state index contributed by atoms with van der Waals surface area (Å²) in [7, 11) is 1.58. The molecule has 4 N–H and O–H groups in total. The zero-order chi connectivity index (χ0) is 21.3. The smallest absolute Gasteiger partial charge is 0.272 e. The number of nitrogens with zero attached hydrogens (tertiary/aromatic N) is 4. The average molecular weight is 438 g/mol. The molecule has 10 nitrogen and oxygen atoms in total. The number of alkyl halides is 1. The largest absolute Gasteiger partial charge is 0.389 e. The molecule has 0 saturated carbocycles. The van der Waals surface area contributed by atoms with E-state index >= 15 is 0 Å². The van der Waals surface area contributed by atoms with Crippen LogP contribution in [-0.2, 0) is 4.74 Å². The molecule has 0 bridgehead atoms. The number of nitrogens with one attached hydrogen (secondary N) is 3. The second-order valence-corrected chi connectivity index (χ2v) is 7.58. The molecule has 2 aromatic heterocycles. The molecule has 2 aromatic rings. The van der Waals surface area contributed by atoms with Crippen molar-refractivity contribution in [3.8, 4) is 0 Å². The second-order valence-electron chi connectivity index (χ2n) is 7.14. The molecule has 0 aromatic carbocycles. The lowest BCUT2D eigenvalue weighted by atomic mass is 10.1. The minimum atomic E-state index is -0.702. The number of anilines is 1. The Morgan fingerprint density at radius 3 is 3.13 bits per heavy atom. The van der Waals surface area contributed by atoms with Crippen LogP contribution < -0.4 is 10.6 Å². The summed E-state index contributed by atoms with van der Waals surface area (Å²) in [6, 6.07) is -0.280. The standard InChI is InChI=1S/C18H21ClFN7O3/c1-27(6-9-4-10(20)5-21-15(9)19)18(29)14-13-16(22-8-23-17(13)26-25-14)24-11-2-3-30-7-12(11)28/h4-5,8,11-12,15,21,28H,2-3,6-7H2,1H3,(H2,22,23,24,25,26)/t11-,12-,15?/m1/s1. The number of hydrogen-bond acceptors (Lipinski definition) is 8. The van der Waals surface area contributed by atoms with Crippen molar-refractivity contribution in [2.75, 3.05) is 32.1 Å². The number of amides is 1. The first-order valence-corrected chi connectivity index (χ1v) is 9.81. The number of carbonyl (C=O) groups excluding carboxylic acids is 1. The molecule has 0 radical (unpaired) electrons. The maximum absolute atomic E-state index is 13.5. The van der Waals surface area contributed by atoms with Gasteiger partial charge in [-0.05, 0) is 18.1 Å². The van der Waals surface area contributed by atoms with Crippen molar-refractivity contribution >= 4 is 34.4 Å². The lowest BCUT2D eigenvalue weighted by molar-refractivity contribution is -0.0135. The molecule has 1 saturated heterocycles. The molecule has 1 amide bonds. The van der Waals surface area contributed by atoms with E-state index < -0.39 is 17.4 Å². The number of aliphatic hydroxyl groups excluding tert-OH is 1. The third-order valence-corrected chi connectivity index (χ3v) is 5.40. The predicted molar refractivity (Wildman–Crippen MR) is 108 cm³/mol. The van der Waals surface area contributed by atoms with Crippen molar-refractivity contribution in [3.63, 3.8) is 0 Å². The summed E-state index contributed by atoms with van der Waals surface area (Å²) < 4.78 is 18.8. The van der Waals surface area contributed by atoms with Crippen molar-refractivity contribution in [1.29, 1.82) is 0 Å². The van der Waals surface area contributed by atoms with Gasteiger partial charge in [-0.15, -0.1) is 0 Å². The number of carbonyl (C=O) groups is 1. The third kappa shape index (κ3) is 4.09. The van der Waals surface area contributed by atoms with Crippen LogP contribution in [0.5, 0.6) is 0 Å². The number of H-pyrrole nitrogens is 1. The topological polar surface area (TPSA) is 128 Å². The van der Waals surface area contributed by atoms with Gasteiger partial charge in [-0.2, -0.15) is 5.10 Å². The number of ether oxygens (including phenoxy) is 1. The molecule has 1 fully saturated rings. The van der Waals surface area contributed by atoms with Crippen LogP contribution >= 0.6 is 11.6 Å². The number of halogens is 2. The van der Waals surface area contributed by atoms with E-state index in [1.54, 1.807) is 7.05 Å². The van der Waals surface area contributed by atoms with E-state index in [0.717, 1.165) is 0 Å². The van der Waals surface area contributed by atoms with Gasteiger partial charge < -0.3 is 25.4 Å². The van der Waals surface area contributed by atoms with E-state index in [4.69, 9.17) is 16.3 Å². The van der Waals surface area contributed by atoms with E-state index in [9.17, 15) is 14.3 Å². The summed E-state index contributed by atoms with van der Waals surface area (Å²) in [6.45, 7) is 0.840. The van der Waals surface area contributed by atoms with Gasteiger partial charge >= 0.3 is 0 Å². The van der Waals surface area contributed by atoms with Crippen LogP contribution in [0.25, 0.3) is 11.0 Å². The quantitative estimate of drug-likeness (QED) is 0.401. The molecule has 2 aliphatic rings. The molecule has 30 heavy (non-hydrogen) atoms. The normalized spacial score (nSPS) is 24.1. The fourth-order valence-electron chi connectivity index (χ4n) is 3.40. The summed E-state index contributed by atoms with van der Waals surface area (Å²) in [6.07, 6.45) is 3.69. The van der Waals surface area contributed by atoms with Crippen LogP contribution in [-0.4, -0.2) is 80.5 Å². The van der Waals surface area contributed by atoms with Crippen molar-refractivity contribution in [3.05, 3.63) is 35.7 Å². The number of likely N-dealkylation sites (N-methyl/N-ethyl adjacent to an activating group) is 1. The van der Waals surface area contributed by atoms with E-state index in [2.05, 4.69) is 30.8 Å². The molecule has 12 heteroatoms. The molecule has 2 aliphatic heterocycles. The minimum absolute atomic E-state index is 0.108. The Morgan fingerprint density at radius 2 is 2.33 bits per heavy atom. The molecule has 0 aliphatic carbocycles. The van der Waals surface area contributed by atoms with Crippen LogP contribution in [0, 0.1) is 0 Å². The molecule has 0 spiro atoms. The van der Waals surface area contributed by atoms with Gasteiger partial charge in [0, 0.05) is 26.4 Å². The fraction of sp³-hybridized carbons (Fsp3) is 0.444. The van der Waals surface area contributed by atoms with Crippen molar-refractivity contribution in [2.24, 2.45) is 0 Å². The molecular formula is C18H21ClFN7O3. The fourth-order valence-corrected chi connectivity index (χ4v) is 3.60. The monoisotopic (exact) mass is 437 g/mol. The van der Waals surface area contributed by atoms with Gasteiger partial charge in [0.2, 0.25) is 0 Å². The highest BCUT2D eigenvalue weighted by Crippen LogP contribution is 2.25. The first-order chi connectivity index (χ1) is 14.4. The maximum Gasteiger partial charge on any atom is 0.272 e. The molecule has 3 atom stereocenters. The van der Waals surface area contributed by atoms with Gasteiger partial charge in [-0.3, -0.25) is 9.89 Å². The minimum Gasteiger partial charge on any atom is -0.389 e. The number of hydrogen-bond donors (Lipinski definition) is 4. The van der Waals surface area contributed by atoms with Gasteiger partial charge in [-0.25, -0.2) is 14.4 Å². The van der Waals surface area contributed by atoms with E-state index in [1.807, 2.05) is 0 Å². The molecule has 160 valence electrons. The Hall–Kier alpha value is -2.76. The second kappa shape index (κ2) is 8.54. The van der Waals surface area contributed by atoms with Crippen LogP contribution in [0.2, 0.25) is 0 Å². The lowest BCUT2D eigenvalue weighted by Gasteiger charge is -2.29. The predicted octanol–water partition coefficient (Wildman–Crippen LogP) is 0.892. The highest BCUT2D eigenvalue weighted by atomic mass is 35.5. The highest BCUT2D eigenvalue weighted by Gasteiger charge is 2.28. The van der Waals surface area contributed by atoms with Gasteiger partial charge in [-0.1, -0.05) is 11.6 Å². The third-order valence-electron chi connectivity index (χ3n) is 5.00. The Bertz CT molecular complexity index is 1010. The van der Waals surface area contributed by atoms with E-state index in [-0.39, 0.29) is 30.8 Å². The zero-order valence-corrected chi connectivity index (χ0v) is 16.9. The Morgan fingerprint density at radius 1 is 1.50 bits per heavy atom. The van der Waals surface area contributed by atoms with Gasteiger partial charge in [0.25, 0.3) is 5.91 Å². The number of aromatic amines is 1. The highest BCUT2D eigenvalue weighted by molar-refractivity contribution is 6.22. The number of rotatable bonds is 5. The van der Waals surface area contributed by atoms with E-state index in [1.165, 1.54) is 23.5 Å². The molecule has 4 heterocycles. The summed E-state index contributed by atoms with van der Waals surface area (Å²) in [5.74, 6) is -0.466. The first-order valence-electron chi connectivity index (χ1n) is 9.37. The number of dihydropyridines is 1. The summed E-state index contributed by atoms with van der Waals surface area (Å²) >= 11 is 6.15. The first kappa shape index (κ1) is 20.5. The number of fused-ring (bicyclic) bond motifs is 1. The number of aliphatic hydroxyl groups is 1. The molecular weight excluding hydrogens is 417 g/mol. The van der Waals surface area contributed by atoms with Crippen molar-refractivity contribution in [1.82, 2.24) is 30.4 Å². The summed E-state index contributed by atoms with van der Waals surface area (Å²) in [5.41, 5.74) is 0.391. The maximum atomic E-state index is 13.5. The van der Waals surface area contributed by atoms with Crippen molar-refractivity contribution in [2.45, 2.75) is 24.1 Å². The zero-order valence-electron chi connectivity index (χ0n) is 16.1. The van der Waals surface area contributed by atoms with Gasteiger partial charge in [0.15, 0.2) is 5.65 Å². The number of aromatic nitrogens is 4. The summed E-state index contributed by atoms with van der Waals surface area (Å²) in [4.78, 5) is 22.8. The van der Waals surface area contributed by atoms with Gasteiger partial charge in [0.05, 0.1) is 24.1 Å². The number of allylic oxidation sites excluding steroid dienone is 2. The Balaban J connectivity index is 1.59. The van der Waals surface area contributed by atoms with Crippen LogP contribution in [0.15, 0.2) is 30.0 Å². The summed E-state index contributed by atoms with van der Waals surface area (Å²) in [5, 5.41) is 23.2.